The number of hydrogen-bond acceptors (Lipinski definition) is 21. The van der Waals surface area contributed by atoms with Crippen LogP contribution in [0, 0.1) is 34.0 Å². The van der Waals surface area contributed by atoms with Gasteiger partial charge in [0.05, 0.1) is 24.1 Å². The van der Waals surface area contributed by atoms with Crippen molar-refractivity contribution >= 4 is 52.9 Å². The van der Waals surface area contributed by atoms with Gasteiger partial charge in [0.25, 0.3) is 5.91 Å². The zero-order valence-electron chi connectivity index (χ0n) is 55.9. The fraction of sp³-hybridized carbons (Fsp3) is 0.577. The number of benzene rings is 3. The van der Waals surface area contributed by atoms with Crippen LogP contribution in [-0.4, -0.2) is 196 Å². The Morgan fingerprint density at radius 1 is 0.887 bits per heavy atom. The Morgan fingerprint density at radius 2 is 1.58 bits per heavy atom. The lowest BCUT2D eigenvalue weighted by Gasteiger charge is -2.69. The summed E-state index contributed by atoms with van der Waals surface area (Å²) in [6.07, 6.45) is 1.16. The summed E-state index contributed by atoms with van der Waals surface area (Å²) < 4.78 is 37.4. The third-order valence-electron chi connectivity index (χ3n) is 21.5. The molecule has 8 fully saturated rings. The first-order chi connectivity index (χ1) is 46.0. The van der Waals surface area contributed by atoms with Crippen LogP contribution in [-0.2, 0) is 71.9 Å². The van der Waals surface area contributed by atoms with Gasteiger partial charge < -0.3 is 90.3 Å². The first-order valence-corrected chi connectivity index (χ1v) is 33.4. The molecule has 2 bridgehead atoms. The number of amides is 4. The van der Waals surface area contributed by atoms with Gasteiger partial charge >= 0.3 is 18.2 Å². The summed E-state index contributed by atoms with van der Waals surface area (Å²) in [6, 6.07) is 18.9. The molecule has 4 amide bonds. The Morgan fingerprint density at radius 3 is 2.26 bits per heavy atom. The molecule has 3 aromatic rings. The van der Waals surface area contributed by atoms with Crippen LogP contribution in [0.1, 0.15) is 120 Å². The molecule has 2 heterocycles. The van der Waals surface area contributed by atoms with Crippen LogP contribution in [0.3, 0.4) is 0 Å². The van der Waals surface area contributed by atoms with E-state index in [4.69, 9.17) is 39.0 Å². The highest BCUT2D eigenvalue weighted by Crippen LogP contribution is 2.71. The molecule has 9 aliphatic rings. The van der Waals surface area contributed by atoms with Gasteiger partial charge in [-0.2, -0.15) is 0 Å². The maximum atomic E-state index is 14.6. The number of nitrogens with two attached hydrogens (primary N) is 1. The topological polar surface area (TPSA) is 366 Å². The van der Waals surface area contributed by atoms with Crippen LogP contribution >= 0.6 is 0 Å². The van der Waals surface area contributed by atoms with E-state index in [1.54, 1.807) is 50.4 Å². The number of carbonyl (C=O) groups is 7. The van der Waals surface area contributed by atoms with Gasteiger partial charge in [-0.05, 0) is 129 Å². The highest BCUT2D eigenvalue weighted by Gasteiger charge is 2.76. The minimum absolute atomic E-state index is 0.000163. The van der Waals surface area contributed by atoms with Crippen LogP contribution in [0.2, 0.25) is 0 Å². The van der Waals surface area contributed by atoms with E-state index < -0.39 is 115 Å². The highest BCUT2D eigenvalue weighted by molar-refractivity contribution is 6.01. The fourth-order valence-electron chi connectivity index (χ4n) is 16.8. The van der Waals surface area contributed by atoms with Crippen LogP contribution in [0.4, 0.5) is 15.3 Å². The lowest BCUT2D eigenvalue weighted by atomic mass is 9.38. The number of aliphatic carboxylic acids is 1. The van der Waals surface area contributed by atoms with Crippen LogP contribution in [0.5, 0.6) is 5.75 Å². The molecule has 26 nitrogen and oxygen atoms in total. The predicted molar refractivity (Wildman–Crippen MR) is 349 cm³/mol. The van der Waals surface area contributed by atoms with E-state index in [1.807, 2.05) is 39.0 Å². The number of aliphatic hydroxyl groups is 4. The van der Waals surface area contributed by atoms with Crippen molar-refractivity contribution in [3.63, 3.8) is 0 Å². The summed E-state index contributed by atoms with van der Waals surface area (Å²) in [5, 5.41) is 63.8. The van der Waals surface area contributed by atoms with E-state index in [2.05, 4.69) is 40.2 Å². The van der Waals surface area contributed by atoms with Crippen LogP contribution in [0.15, 0.2) is 95.7 Å². The smallest absolute Gasteiger partial charge is 0.409 e. The minimum atomic E-state index is -1.68. The van der Waals surface area contributed by atoms with Gasteiger partial charge in [-0.15, -0.1) is 0 Å². The number of likely N-dealkylation sites (N-methyl/N-ethyl adjacent to an activating group) is 2. The molecule has 14 atom stereocenters. The van der Waals surface area contributed by atoms with Crippen molar-refractivity contribution in [3.05, 3.63) is 118 Å². The van der Waals surface area contributed by atoms with Crippen molar-refractivity contribution in [1.29, 1.82) is 0 Å². The molecule has 0 aromatic heterocycles. The summed E-state index contributed by atoms with van der Waals surface area (Å²) in [5.74, 6) is -3.34. The zero-order valence-corrected chi connectivity index (χ0v) is 55.9. The number of aliphatic hydroxyl groups excluding tert-OH is 4. The maximum absolute atomic E-state index is 14.6. The highest BCUT2D eigenvalue weighted by atomic mass is 16.7. The van der Waals surface area contributed by atoms with E-state index in [-0.39, 0.29) is 104 Å². The third-order valence-corrected chi connectivity index (χ3v) is 21.5. The van der Waals surface area contributed by atoms with Crippen molar-refractivity contribution in [2.75, 3.05) is 58.9 Å². The number of nitrogens with zero attached hydrogens (tertiary/aromatic N) is 3. The molecule has 2 aliphatic heterocycles. The van der Waals surface area contributed by atoms with Gasteiger partial charge in [-0.3, -0.25) is 24.0 Å². The number of Topliss-reactive ketones (excluding diaryl/α,β-unsaturated/α-hetero) is 1. The molecule has 2 saturated heterocycles. The molecule has 524 valence electrons. The van der Waals surface area contributed by atoms with Crippen molar-refractivity contribution < 1.29 is 92.4 Å². The van der Waals surface area contributed by atoms with Gasteiger partial charge in [-0.1, -0.05) is 99.1 Å². The van der Waals surface area contributed by atoms with Crippen LogP contribution < -0.4 is 26.4 Å². The largest absolute Gasteiger partial charge is 0.480 e. The molecule has 10 N–H and O–H groups in total. The molecule has 6 saturated carbocycles. The first kappa shape index (κ1) is 70.7. The van der Waals surface area contributed by atoms with E-state index in [9.17, 15) is 59.1 Å². The molecule has 3 aromatic carbocycles. The summed E-state index contributed by atoms with van der Waals surface area (Å²) in [7, 11) is 3.04. The Balaban J connectivity index is 0.699. The number of oxime groups is 1. The average molecular weight is 1350 g/mol. The van der Waals surface area contributed by atoms with Crippen molar-refractivity contribution in [2.45, 2.75) is 172 Å². The number of carboxylic acid groups (broad SMARTS) is 1. The first-order valence-electron chi connectivity index (χ1n) is 33.4. The number of carbonyl (C=O) groups excluding carboxylic acids is 6. The number of ether oxygens (including phenoxy) is 6. The number of nitrogens with one attached hydrogen (secondary N) is 3. The van der Waals surface area contributed by atoms with Crippen molar-refractivity contribution in [3.8, 4) is 5.75 Å². The third kappa shape index (κ3) is 14.5. The second-order valence-electron chi connectivity index (χ2n) is 28.8. The molecular formula is C71H91N7O19. The normalized spacial score (nSPS) is 32.3. The molecule has 1 unspecified atom stereocenters. The van der Waals surface area contributed by atoms with E-state index in [0.717, 1.165) is 42.4 Å². The molecule has 0 radical (unpaired) electrons. The van der Waals surface area contributed by atoms with Gasteiger partial charge in [0.1, 0.15) is 49.4 Å². The molecule has 26 heteroatoms. The second kappa shape index (κ2) is 28.3. The number of rotatable bonds is 26. The van der Waals surface area contributed by atoms with E-state index >= 15 is 0 Å². The van der Waals surface area contributed by atoms with E-state index in [1.165, 1.54) is 40.6 Å². The standard InChI is InChI=1S/C71H91N7O19/c1-39(2)74-51(62(87)88)26-41-8-13-44(14-9-41)40(3)76-93-35-58(84)73-23-21-57(83)75-50-27-43(12-19-53(50)94-64-61(86)60(85)52(81)34-91-64)33-92-65(89)77(6)24-25-78(7)66(90)95-54-31-68(5)49(48-18-17-46-28-47(80)20-22-67(46,4)59(48)54)29-56-71(68,55(82)32-79)97-63(96-56)45-15-10-42(11-16-45)30-69-36-70(72,37-69)38-69/h8-16,19-20,22,27-28,39,48-49,51-52,54,56,59-61,63-64,74,79,81,85-86H,17-18,21,23-26,29-38,72H2,1-7H3,(H,73,84)(H,75,83)(H,87,88)/b76-40-/t48-,49-,51?,52+,54-,56+,59+,60-,61+,63+,64-,67-,68-,69?,70?,71+/m0/s1. The number of allylic oxidation sites excluding steroid dienone is 4. The van der Waals surface area contributed by atoms with Gasteiger partial charge in [0, 0.05) is 74.0 Å². The Hall–Kier alpha value is -7.66. The zero-order chi connectivity index (χ0) is 69.5. The average Bonchev–Trinajstić information content (AvgIpc) is 1.56. The molecule has 12 rings (SSSR count). The summed E-state index contributed by atoms with van der Waals surface area (Å²) >= 11 is 0. The Kier molecular flexibility index (Phi) is 20.6. The van der Waals surface area contributed by atoms with Crippen molar-refractivity contribution in [1.82, 2.24) is 20.4 Å². The number of carboxylic acids is 1. The van der Waals surface area contributed by atoms with Crippen LogP contribution in [0.25, 0.3) is 0 Å². The SMILES string of the molecule is C/C(=N/OCC(=O)NCCC(=O)Nc1cc(COC(=O)N(C)CCN(C)C(=O)O[C@H]2C[C@@]3(C)[C@@H](C[C@H]4O[C@@H](c5ccc(CC67CC(N)(C6)C7)cc5)O[C@]43C(=O)CO)[C@@H]3CCC4=CC(=O)C=C[C@]4(C)[C@H]32)ccc1O[C@@H]1OC[C@@H](O)[C@H](O)[C@H]1O)c1ccc(CC(NC(C)C)C(=O)O)cc1. The monoisotopic (exact) mass is 1350 g/mol. The van der Waals surface area contributed by atoms with Crippen molar-refractivity contribution in [2.24, 2.45) is 44.9 Å². The Labute approximate surface area is 563 Å². The Bertz CT molecular complexity index is 3560. The lowest BCUT2D eigenvalue weighted by molar-refractivity contribution is -0.241. The summed E-state index contributed by atoms with van der Waals surface area (Å²) in [4.78, 5) is 101. The molecule has 7 aliphatic carbocycles. The fourth-order valence-corrected chi connectivity index (χ4v) is 16.8. The van der Waals surface area contributed by atoms with Gasteiger partial charge in [-0.25, -0.2) is 9.59 Å². The molecule has 97 heavy (non-hydrogen) atoms. The van der Waals surface area contributed by atoms with E-state index in [0.29, 0.717) is 36.1 Å². The number of fused-ring (bicyclic) bond motifs is 7. The summed E-state index contributed by atoms with van der Waals surface area (Å²) in [6.45, 7) is 7.43. The summed E-state index contributed by atoms with van der Waals surface area (Å²) in [5.41, 5.74) is 8.64. The van der Waals surface area contributed by atoms with Gasteiger partial charge in [0.15, 0.2) is 30.1 Å². The molecule has 0 spiro atoms. The predicted octanol–water partition coefficient (Wildman–Crippen LogP) is 4.76. The van der Waals surface area contributed by atoms with Gasteiger partial charge in [0.2, 0.25) is 12.2 Å². The maximum Gasteiger partial charge on any atom is 0.409 e. The quantitative estimate of drug-likeness (QED) is 0.0386. The number of anilines is 1. The second-order valence-corrected chi connectivity index (χ2v) is 28.8. The molecular weight excluding hydrogens is 1250 g/mol. The minimum Gasteiger partial charge on any atom is -0.480 e. The number of hydrogen-bond donors (Lipinski definition) is 9. The lowest BCUT2D eigenvalue weighted by Crippen LogP contribution is -2.72. The number of ketones is 2.